The van der Waals surface area contributed by atoms with Crippen LogP contribution < -0.4 is 15.5 Å². The van der Waals surface area contributed by atoms with Gasteiger partial charge in [-0.25, -0.2) is 9.97 Å². The van der Waals surface area contributed by atoms with Crippen molar-refractivity contribution in [3.05, 3.63) is 40.6 Å². The average Bonchev–Trinajstić information content (AvgIpc) is 2.50. The number of nitrogen functional groups attached to an aromatic ring is 1. The van der Waals surface area contributed by atoms with E-state index in [0.29, 0.717) is 15.9 Å². The Morgan fingerprint density at radius 2 is 1.62 bits per heavy atom. The van der Waals surface area contributed by atoms with Crippen molar-refractivity contribution in [2.75, 3.05) is 41.7 Å². The Hall–Kier alpha value is -1.72. The first-order chi connectivity index (χ1) is 10.1. The SMILES string of the molecule is Nc1cc(N2CCN(c3ccc(Cl)c(Cl)c3)CC2)ncn1. The van der Waals surface area contributed by atoms with Crippen LogP contribution in [0.5, 0.6) is 0 Å². The fourth-order valence-electron chi connectivity index (χ4n) is 2.41. The normalized spacial score (nSPS) is 15.3. The third-order valence-electron chi connectivity index (χ3n) is 3.55. The number of aromatic nitrogens is 2. The summed E-state index contributed by atoms with van der Waals surface area (Å²) in [6, 6.07) is 7.53. The minimum Gasteiger partial charge on any atom is -0.384 e. The van der Waals surface area contributed by atoms with Crippen molar-refractivity contribution in [2.45, 2.75) is 0 Å². The lowest BCUT2D eigenvalue weighted by Gasteiger charge is -2.36. The summed E-state index contributed by atoms with van der Waals surface area (Å²) < 4.78 is 0. The van der Waals surface area contributed by atoms with Crippen LogP contribution >= 0.6 is 23.2 Å². The molecular formula is C14H15Cl2N5. The minimum atomic E-state index is 0.493. The molecule has 0 unspecified atom stereocenters. The van der Waals surface area contributed by atoms with Gasteiger partial charge in [0.05, 0.1) is 10.0 Å². The Balaban J connectivity index is 1.68. The molecule has 0 spiro atoms. The molecule has 0 amide bonds. The van der Waals surface area contributed by atoms with Gasteiger partial charge >= 0.3 is 0 Å². The van der Waals surface area contributed by atoms with Crippen molar-refractivity contribution >= 4 is 40.5 Å². The largest absolute Gasteiger partial charge is 0.384 e. The molecule has 1 saturated heterocycles. The van der Waals surface area contributed by atoms with Crippen LogP contribution in [-0.4, -0.2) is 36.1 Å². The fraction of sp³-hybridized carbons (Fsp3) is 0.286. The lowest BCUT2D eigenvalue weighted by atomic mass is 10.2. The van der Waals surface area contributed by atoms with E-state index < -0.39 is 0 Å². The molecule has 1 aromatic carbocycles. The van der Waals surface area contributed by atoms with Crippen LogP contribution in [0.1, 0.15) is 0 Å². The van der Waals surface area contributed by atoms with Gasteiger partial charge < -0.3 is 15.5 Å². The van der Waals surface area contributed by atoms with E-state index in [9.17, 15) is 0 Å². The second-order valence-electron chi connectivity index (χ2n) is 4.87. The zero-order chi connectivity index (χ0) is 14.8. The van der Waals surface area contributed by atoms with E-state index in [0.717, 1.165) is 37.7 Å². The number of nitrogens with zero attached hydrogens (tertiary/aromatic N) is 4. The first-order valence-corrected chi connectivity index (χ1v) is 7.41. The Morgan fingerprint density at radius 1 is 0.905 bits per heavy atom. The topological polar surface area (TPSA) is 58.3 Å². The molecule has 0 bridgehead atoms. The van der Waals surface area contributed by atoms with Gasteiger partial charge in [0.15, 0.2) is 0 Å². The van der Waals surface area contributed by atoms with E-state index in [2.05, 4.69) is 19.8 Å². The summed E-state index contributed by atoms with van der Waals surface area (Å²) in [5.74, 6) is 1.36. The Kier molecular flexibility index (Phi) is 4.03. The monoisotopic (exact) mass is 323 g/mol. The second-order valence-corrected chi connectivity index (χ2v) is 5.69. The Bertz CT molecular complexity index is 641. The third kappa shape index (κ3) is 3.14. The van der Waals surface area contributed by atoms with Crippen molar-refractivity contribution in [1.29, 1.82) is 0 Å². The number of benzene rings is 1. The summed E-state index contributed by atoms with van der Waals surface area (Å²) in [5.41, 5.74) is 6.79. The van der Waals surface area contributed by atoms with Crippen LogP contribution in [0.2, 0.25) is 10.0 Å². The molecule has 3 rings (SSSR count). The maximum Gasteiger partial charge on any atom is 0.134 e. The van der Waals surface area contributed by atoms with Crippen LogP contribution in [0.25, 0.3) is 0 Å². The summed E-state index contributed by atoms with van der Waals surface area (Å²) >= 11 is 12.0. The van der Waals surface area contributed by atoms with E-state index in [-0.39, 0.29) is 0 Å². The molecule has 110 valence electrons. The molecule has 1 aliphatic rings. The highest BCUT2D eigenvalue weighted by atomic mass is 35.5. The lowest BCUT2D eigenvalue weighted by molar-refractivity contribution is 0.647. The molecule has 2 heterocycles. The second kappa shape index (κ2) is 5.95. The van der Waals surface area contributed by atoms with Gasteiger partial charge in [-0.3, -0.25) is 0 Å². The number of anilines is 3. The molecule has 0 atom stereocenters. The predicted molar refractivity (Wildman–Crippen MR) is 87.3 cm³/mol. The molecule has 1 aliphatic heterocycles. The number of halogens is 2. The number of nitrogens with two attached hydrogens (primary N) is 1. The van der Waals surface area contributed by atoms with Gasteiger partial charge in [-0.05, 0) is 18.2 Å². The standard InChI is InChI=1S/C14H15Cl2N5/c15-11-2-1-10(7-12(11)16)20-3-5-21(6-4-20)14-8-13(17)18-9-19-14/h1-2,7-9H,3-6H2,(H2,17,18,19). The van der Waals surface area contributed by atoms with Gasteiger partial charge in [-0.1, -0.05) is 23.2 Å². The van der Waals surface area contributed by atoms with Crippen molar-refractivity contribution in [1.82, 2.24) is 9.97 Å². The minimum absolute atomic E-state index is 0.493. The van der Waals surface area contributed by atoms with Gasteiger partial charge in [0.1, 0.15) is 18.0 Å². The number of piperazine rings is 1. The molecule has 0 radical (unpaired) electrons. The summed E-state index contributed by atoms with van der Waals surface area (Å²) in [4.78, 5) is 12.7. The van der Waals surface area contributed by atoms with E-state index in [1.807, 2.05) is 18.2 Å². The maximum absolute atomic E-state index is 6.08. The Morgan fingerprint density at radius 3 is 2.29 bits per heavy atom. The first-order valence-electron chi connectivity index (χ1n) is 6.66. The number of rotatable bonds is 2. The zero-order valence-corrected chi connectivity index (χ0v) is 12.8. The summed E-state index contributed by atoms with van der Waals surface area (Å²) in [6.45, 7) is 3.52. The molecule has 2 N–H and O–H groups in total. The summed E-state index contributed by atoms with van der Waals surface area (Å²) in [6.07, 6.45) is 1.50. The van der Waals surface area contributed by atoms with Crippen molar-refractivity contribution in [2.24, 2.45) is 0 Å². The maximum atomic E-state index is 6.08. The van der Waals surface area contributed by atoms with E-state index in [1.165, 1.54) is 6.33 Å². The Labute approximate surface area is 133 Å². The third-order valence-corrected chi connectivity index (χ3v) is 4.28. The van der Waals surface area contributed by atoms with Crippen LogP contribution in [-0.2, 0) is 0 Å². The molecule has 7 heteroatoms. The highest BCUT2D eigenvalue weighted by Crippen LogP contribution is 2.28. The van der Waals surface area contributed by atoms with Gasteiger partial charge in [-0.15, -0.1) is 0 Å². The highest BCUT2D eigenvalue weighted by molar-refractivity contribution is 6.42. The van der Waals surface area contributed by atoms with Crippen molar-refractivity contribution in [3.63, 3.8) is 0 Å². The summed E-state index contributed by atoms with van der Waals surface area (Å²) in [7, 11) is 0. The molecule has 1 fully saturated rings. The van der Waals surface area contributed by atoms with E-state index >= 15 is 0 Å². The lowest BCUT2D eigenvalue weighted by Crippen LogP contribution is -2.46. The van der Waals surface area contributed by atoms with Gasteiger partial charge in [0, 0.05) is 37.9 Å². The quantitative estimate of drug-likeness (QED) is 0.920. The first kappa shape index (κ1) is 14.2. The van der Waals surface area contributed by atoms with Crippen LogP contribution in [0, 0.1) is 0 Å². The molecule has 0 saturated carbocycles. The molecule has 0 aliphatic carbocycles. The smallest absolute Gasteiger partial charge is 0.134 e. The van der Waals surface area contributed by atoms with Gasteiger partial charge in [-0.2, -0.15) is 0 Å². The van der Waals surface area contributed by atoms with Gasteiger partial charge in [0.2, 0.25) is 0 Å². The summed E-state index contributed by atoms with van der Waals surface area (Å²) in [5, 5.41) is 1.16. The fourth-order valence-corrected chi connectivity index (χ4v) is 2.70. The van der Waals surface area contributed by atoms with Crippen LogP contribution in [0.4, 0.5) is 17.3 Å². The zero-order valence-electron chi connectivity index (χ0n) is 11.3. The predicted octanol–water partition coefficient (Wildman–Crippen LogP) is 2.69. The van der Waals surface area contributed by atoms with Crippen LogP contribution in [0.3, 0.4) is 0 Å². The molecule has 1 aromatic heterocycles. The number of hydrogen-bond donors (Lipinski definition) is 1. The highest BCUT2D eigenvalue weighted by Gasteiger charge is 2.19. The van der Waals surface area contributed by atoms with Crippen molar-refractivity contribution in [3.8, 4) is 0 Å². The molecule has 21 heavy (non-hydrogen) atoms. The van der Waals surface area contributed by atoms with Crippen molar-refractivity contribution < 1.29 is 0 Å². The average molecular weight is 324 g/mol. The molecular weight excluding hydrogens is 309 g/mol. The molecule has 5 nitrogen and oxygen atoms in total. The molecule has 2 aromatic rings. The van der Waals surface area contributed by atoms with E-state index in [4.69, 9.17) is 28.9 Å². The van der Waals surface area contributed by atoms with Crippen LogP contribution in [0.15, 0.2) is 30.6 Å². The van der Waals surface area contributed by atoms with Gasteiger partial charge in [0.25, 0.3) is 0 Å². The number of hydrogen-bond acceptors (Lipinski definition) is 5. The van der Waals surface area contributed by atoms with E-state index in [1.54, 1.807) is 6.07 Å².